The van der Waals surface area contributed by atoms with Gasteiger partial charge in [0.15, 0.2) is 5.70 Å². The van der Waals surface area contributed by atoms with Crippen molar-refractivity contribution >= 4 is 17.9 Å². The Hall–Kier alpha value is -7.05. The van der Waals surface area contributed by atoms with Gasteiger partial charge in [0, 0.05) is 127 Å². The van der Waals surface area contributed by atoms with E-state index < -0.39 is 49.3 Å². The van der Waals surface area contributed by atoms with E-state index in [9.17, 15) is 35.4 Å². The van der Waals surface area contributed by atoms with Gasteiger partial charge in [-0.05, 0) is 80.9 Å². The fourth-order valence-corrected chi connectivity index (χ4v) is 10.6. The summed E-state index contributed by atoms with van der Waals surface area (Å²) in [7, 11) is 0. The Kier molecular flexibility index (Phi) is 21.0. The lowest BCUT2D eigenvalue weighted by atomic mass is 9.84. The van der Waals surface area contributed by atoms with Crippen LogP contribution in [0, 0.1) is 64.4 Å². The van der Waals surface area contributed by atoms with Crippen LogP contribution in [0.2, 0.25) is 0 Å². The van der Waals surface area contributed by atoms with Crippen molar-refractivity contribution in [1.29, 1.82) is 21.0 Å². The fourth-order valence-electron chi connectivity index (χ4n) is 10.6. The molecule has 3 aliphatic heterocycles. The molecule has 0 aromatic heterocycles. The smallest absolute Gasteiger partial charge is 0.349 e. The molecule has 0 saturated carbocycles. The van der Waals surface area contributed by atoms with Gasteiger partial charge in [0.25, 0.3) is 5.70 Å². The third-order valence-corrected chi connectivity index (χ3v) is 14.1. The molecule has 21 nitrogen and oxygen atoms in total. The maximum atomic E-state index is 14.1. The van der Waals surface area contributed by atoms with E-state index in [1.54, 1.807) is 0 Å². The lowest BCUT2D eigenvalue weighted by molar-refractivity contribution is -0.148. The quantitative estimate of drug-likeness (QED) is 0.0316. The van der Waals surface area contributed by atoms with Gasteiger partial charge in [0.2, 0.25) is 0 Å². The first kappa shape index (κ1) is 55.3. The number of likely N-dealkylation sites (tertiary alicyclic amines) is 3. The van der Waals surface area contributed by atoms with Gasteiger partial charge in [-0.15, -0.1) is 0 Å². The highest BCUT2D eigenvalue weighted by molar-refractivity contribution is 5.96. The molecule has 6 rings (SSSR count). The van der Waals surface area contributed by atoms with Crippen molar-refractivity contribution in [3.63, 3.8) is 0 Å². The molecule has 3 atom stereocenters. The molecule has 0 bridgehead atoms. The zero-order valence-electron chi connectivity index (χ0n) is 41.6. The van der Waals surface area contributed by atoms with Crippen LogP contribution in [0.4, 0.5) is 0 Å². The van der Waals surface area contributed by atoms with Gasteiger partial charge in [-0.1, -0.05) is 0 Å². The number of nitriles is 4. The molecule has 3 heterocycles. The molecule has 0 aromatic rings. The van der Waals surface area contributed by atoms with Crippen LogP contribution in [0.25, 0.3) is 9.69 Å². The zero-order valence-corrected chi connectivity index (χ0v) is 41.6. The number of hydrogen-bond acceptors (Lipinski definition) is 19. The molecule has 0 radical (unpaired) electrons. The zero-order chi connectivity index (χ0) is 52.3. The van der Waals surface area contributed by atoms with Crippen LogP contribution in [0.3, 0.4) is 0 Å². The van der Waals surface area contributed by atoms with Gasteiger partial charge in [-0.2, -0.15) is 21.0 Å². The summed E-state index contributed by atoms with van der Waals surface area (Å²) in [5.41, 5.74) is 19.8. The summed E-state index contributed by atoms with van der Waals surface area (Å²) in [5.74, 6) is -4.31. The minimum Gasteiger partial charge on any atom is -0.470 e. The molecule has 21 heteroatoms. The number of hydrogen-bond donors (Lipinski definition) is 6. The third-order valence-electron chi connectivity index (χ3n) is 14.1. The summed E-state index contributed by atoms with van der Waals surface area (Å²) >= 11 is 0. The minimum atomic E-state index is -1.13. The highest BCUT2D eigenvalue weighted by atomic mass is 16.6. The van der Waals surface area contributed by atoms with E-state index >= 15 is 0 Å². The maximum Gasteiger partial charge on any atom is 0.349 e. The van der Waals surface area contributed by atoms with E-state index in [0.717, 1.165) is 94.9 Å². The minimum absolute atomic E-state index is 0.168. The molecule has 3 fully saturated rings. The van der Waals surface area contributed by atoms with Gasteiger partial charge in [0.1, 0.15) is 48.6 Å². The predicted molar refractivity (Wildman–Crippen MR) is 267 cm³/mol. The Morgan fingerprint density at radius 2 is 0.918 bits per heavy atom. The van der Waals surface area contributed by atoms with Crippen molar-refractivity contribution in [2.24, 2.45) is 23.1 Å². The SMILES string of the molecule is [C-]#[N+]C1=C(N2CCCC2)CC(NCCN)C/C1=C(/[N+]#[C-])C(=O)OCC(COC(=O)/C(C#N)=C1\CC(NCCN)CC(N2CCCC2)=C1C#N)COC(=O)/C(C#N)=C1\CC(NCCN)CC(N2CCCC2)=C1C#N. The van der Waals surface area contributed by atoms with Crippen LogP contribution >= 0.6 is 0 Å². The van der Waals surface area contributed by atoms with Crippen LogP contribution < -0.4 is 33.2 Å². The number of nitrogens with one attached hydrogen (secondary N) is 3. The molecule has 0 spiro atoms. The first-order valence-electron chi connectivity index (χ1n) is 25.4. The van der Waals surface area contributed by atoms with E-state index in [2.05, 4.69) is 52.5 Å². The number of carbonyl (C=O) groups is 3. The van der Waals surface area contributed by atoms with Crippen molar-refractivity contribution in [2.45, 2.75) is 95.2 Å². The van der Waals surface area contributed by atoms with Crippen molar-refractivity contribution in [2.75, 3.05) is 98.4 Å². The van der Waals surface area contributed by atoms with Gasteiger partial charge in [0.05, 0.1) is 36.8 Å². The Morgan fingerprint density at radius 1 is 0.562 bits per heavy atom. The van der Waals surface area contributed by atoms with E-state index in [1.807, 2.05) is 12.1 Å². The van der Waals surface area contributed by atoms with Crippen molar-refractivity contribution in [3.05, 3.63) is 90.3 Å². The summed E-state index contributed by atoms with van der Waals surface area (Å²) in [4.78, 5) is 56.1. The Bertz CT molecular complexity index is 2260. The summed E-state index contributed by atoms with van der Waals surface area (Å²) in [6.07, 6.45) is 7.61. The molecule has 3 saturated heterocycles. The Labute approximate surface area is 428 Å². The first-order valence-corrected chi connectivity index (χ1v) is 25.4. The van der Waals surface area contributed by atoms with Crippen LogP contribution in [0.5, 0.6) is 0 Å². The number of carbonyl (C=O) groups excluding carboxylic acids is 3. The summed E-state index contributed by atoms with van der Waals surface area (Å²) in [6.45, 7) is 21.4. The summed E-state index contributed by atoms with van der Waals surface area (Å²) < 4.78 is 17.4. The second-order valence-corrected chi connectivity index (χ2v) is 18.9. The van der Waals surface area contributed by atoms with Crippen LogP contribution in [0.1, 0.15) is 77.0 Å². The van der Waals surface area contributed by atoms with E-state index in [4.69, 9.17) is 44.6 Å². The second kappa shape index (κ2) is 27.7. The van der Waals surface area contributed by atoms with Crippen molar-refractivity contribution < 1.29 is 28.6 Å². The van der Waals surface area contributed by atoms with Crippen LogP contribution in [-0.2, 0) is 28.6 Å². The molecule has 73 heavy (non-hydrogen) atoms. The van der Waals surface area contributed by atoms with Gasteiger partial charge in [-0.3, -0.25) is 4.79 Å². The second-order valence-electron chi connectivity index (χ2n) is 18.9. The monoisotopic (exact) mass is 998 g/mol. The maximum absolute atomic E-state index is 14.1. The summed E-state index contributed by atoms with van der Waals surface area (Å²) in [5, 5.41) is 52.1. The standard InChI is InChI=1S/C52H67N15O6/c1-60-48-40(23-37(64-14-11-55)26-47(48)67-19-7-8-20-67)49(61-2)52(70)73-33-34(31-71-50(68)43(29-58)38-21-35(62-12-9-53)24-45(41(38)27-56)65-15-3-4-16-65)32-72-51(69)44(30-59)39-22-36(63-13-10-54)25-46(42(39)28-57)66-17-5-6-18-66/h34-37,62-64H,3-26,31-33,53-55H2/b43-38+,44-39+,49-40-. The van der Waals surface area contributed by atoms with Gasteiger partial charge in [-0.25, -0.2) is 19.3 Å². The van der Waals surface area contributed by atoms with Gasteiger partial charge >= 0.3 is 17.9 Å². The third kappa shape index (κ3) is 13.7. The summed E-state index contributed by atoms with van der Waals surface area (Å²) in [6, 6.07) is 7.74. The molecule has 3 aliphatic carbocycles. The number of nitrogens with two attached hydrogens (primary N) is 3. The Morgan fingerprint density at radius 3 is 1.26 bits per heavy atom. The fraction of sp³-hybridized carbons (Fsp3) is 0.596. The van der Waals surface area contributed by atoms with E-state index in [0.29, 0.717) is 58.5 Å². The molecule has 9 N–H and O–H groups in total. The average molecular weight is 998 g/mol. The number of ether oxygens (including phenoxy) is 3. The number of rotatable bonds is 21. The Balaban J connectivity index is 1.32. The highest BCUT2D eigenvalue weighted by Gasteiger charge is 2.37. The lowest BCUT2D eigenvalue weighted by Crippen LogP contribution is -2.39. The van der Waals surface area contributed by atoms with Crippen molar-refractivity contribution in [1.82, 2.24) is 30.7 Å². The topological polar surface area (TPSA) is 307 Å². The van der Waals surface area contributed by atoms with E-state index in [-0.39, 0.29) is 82.1 Å². The van der Waals surface area contributed by atoms with E-state index in [1.165, 1.54) is 0 Å². The molecular weight excluding hydrogens is 931 g/mol. The lowest BCUT2D eigenvalue weighted by Gasteiger charge is -2.33. The predicted octanol–water partition coefficient (Wildman–Crippen LogP) is 2.15. The highest BCUT2D eigenvalue weighted by Crippen LogP contribution is 2.39. The average Bonchev–Trinajstić information content (AvgIpc) is 4.25. The van der Waals surface area contributed by atoms with Gasteiger partial charge < -0.3 is 62.1 Å². The molecular formula is C52H67N15O6. The van der Waals surface area contributed by atoms with Crippen molar-refractivity contribution in [3.8, 4) is 24.3 Å². The molecule has 0 amide bonds. The number of nitrogens with zero attached hydrogens (tertiary/aromatic N) is 9. The van der Waals surface area contributed by atoms with Crippen LogP contribution in [0.15, 0.2) is 67.5 Å². The number of esters is 3. The van der Waals surface area contributed by atoms with Crippen LogP contribution in [-0.4, -0.2) is 149 Å². The normalized spacial score (nSPS) is 23.6. The molecule has 6 aliphatic rings. The molecule has 386 valence electrons. The molecule has 3 unspecified atom stereocenters. The molecule has 0 aromatic carbocycles. The largest absolute Gasteiger partial charge is 0.470 e. The number of allylic oxidation sites excluding steroid dienone is 3. The first-order chi connectivity index (χ1) is 35.6.